The Morgan fingerprint density at radius 3 is 1.59 bits per heavy atom. The molecule has 19 nitrogen and oxygen atoms in total. The summed E-state index contributed by atoms with van der Waals surface area (Å²) < 4.78 is 56.3. The number of aromatic nitrogens is 6. The van der Waals surface area contributed by atoms with Crippen molar-refractivity contribution in [1.29, 1.82) is 0 Å². The minimum atomic E-state index is -3.78. The number of nitrogens with zero attached hydrogens (tertiary/aromatic N) is 4. The van der Waals surface area contributed by atoms with Crippen LogP contribution < -0.4 is 31.6 Å². The van der Waals surface area contributed by atoms with Crippen molar-refractivity contribution in [3.63, 3.8) is 0 Å². The number of carbonyl (C=O) groups is 2. The van der Waals surface area contributed by atoms with Gasteiger partial charge in [-0.05, 0) is 117 Å². The second-order valence-corrected chi connectivity index (χ2v) is 20.1. The van der Waals surface area contributed by atoms with Crippen LogP contribution in [-0.4, -0.2) is 76.4 Å². The van der Waals surface area contributed by atoms with E-state index in [4.69, 9.17) is 10.8 Å². The van der Waals surface area contributed by atoms with Crippen molar-refractivity contribution >= 4 is 43.3 Å². The highest BCUT2D eigenvalue weighted by molar-refractivity contribution is 7.92. The molecule has 2 aliphatic carbocycles. The van der Waals surface area contributed by atoms with Gasteiger partial charge in [0.15, 0.2) is 0 Å². The predicted octanol–water partition coefficient (Wildman–Crippen LogP) is 4.04. The molecule has 2 atom stereocenters. The van der Waals surface area contributed by atoms with E-state index in [1.807, 2.05) is 12.4 Å². The van der Waals surface area contributed by atoms with Gasteiger partial charge < -0.3 is 20.7 Å². The lowest BCUT2D eigenvalue weighted by Crippen LogP contribution is -2.37. The summed E-state index contributed by atoms with van der Waals surface area (Å²) in [5.41, 5.74) is 11.3. The number of aryl methyl sites for hydroxylation is 4. The molecule has 0 spiro atoms. The van der Waals surface area contributed by atoms with Crippen molar-refractivity contribution in [2.45, 2.75) is 84.4 Å². The summed E-state index contributed by atoms with van der Waals surface area (Å²) in [5.74, 6) is -1.00. The standard InChI is InChI=1S/C23H27N5O4S.C15H16N2O5S.C8H13N3.CH4/c1-16-7-9-21(27-33(31,32)15-17-5-3-2-4-6-17)23(30)28(16)14-22(29)24-12-18-8-10-20-19(11-18)13-25-26-20;1-11-7-8-13(15(20)17(11)9-14(18)19)16-23(21,22)10-12-5-3-2-4-6-12;9-4-6-1-2-8-7(3-6)5-10-11-8;/h2-7,9,13,18,27H,8,10-12,14-15H2,1H3,(H,24,29)(H,25,26);2-8,16H,9-10H2,1H3,(H,18,19);5-6H,1-4,9H2,(H,10,11);1H4. The number of H-pyrrole nitrogens is 2. The number of amides is 1. The molecule has 0 saturated heterocycles. The number of carboxylic acids is 1. The quantitative estimate of drug-likeness (QED) is 0.0768. The third-order valence-corrected chi connectivity index (χ3v) is 14.0. The number of hydrogen-bond acceptors (Lipinski definition) is 11. The zero-order chi connectivity index (χ0) is 48.1. The molecule has 8 rings (SSSR count). The number of nitrogens with one attached hydrogen (secondary N) is 5. The maximum atomic E-state index is 12.9. The predicted molar refractivity (Wildman–Crippen MR) is 261 cm³/mol. The van der Waals surface area contributed by atoms with E-state index in [1.54, 1.807) is 80.6 Å². The van der Waals surface area contributed by atoms with Crippen LogP contribution in [0.3, 0.4) is 0 Å². The second kappa shape index (κ2) is 23.7. The molecule has 2 unspecified atom stereocenters. The maximum absolute atomic E-state index is 12.9. The fraction of sp³-hybridized carbons (Fsp3) is 0.362. The van der Waals surface area contributed by atoms with E-state index in [2.05, 4.69) is 35.2 Å². The third kappa shape index (κ3) is 14.8. The Balaban J connectivity index is 0.000000213. The highest BCUT2D eigenvalue weighted by atomic mass is 32.2. The van der Waals surface area contributed by atoms with E-state index >= 15 is 0 Å². The van der Waals surface area contributed by atoms with Crippen LogP contribution in [-0.2, 0) is 79.9 Å². The molecule has 68 heavy (non-hydrogen) atoms. The van der Waals surface area contributed by atoms with E-state index in [0.29, 0.717) is 40.9 Å². The van der Waals surface area contributed by atoms with Crippen molar-refractivity contribution in [2.24, 2.45) is 17.6 Å². The molecule has 0 fully saturated rings. The lowest BCUT2D eigenvalue weighted by molar-refractivity contribution is -0.137. The number of fused-ring (bicyclic) bond motifs is 2. The zero-order valence-corrected chi connectivity index (χ0v) is 38.9. The van der Waals surface area contributed by atoms with Crippen LogP contribution in [0.25, 0.3) is 0 Å². The molecule has 2 aromatic carbocycles. The Kier molecular flexibility index (Phi) is 18.2. The number of rotatable bonds is 15. The largest absolute Gasteiger partial charge is 0.480 e. The molecule has 8 N–H and O–H groups in total. The molecule has 0 aliphatic heterocycles. The summed E-state index contributed by atoms with van der Waals surface area (Å²) in [5, 5.41) is 25.8. The first-order valence-electron chi connectivity index (χ1n) is 21.7. The van der Waals surface area contributed by atoms with Crippen molar-refractivity contribution < 1.29 is 31.5 Å². The first-order chi connectivity index (χ1) is 32.0. The van der Waals surface area contributed by atoms with E-state index in [0.717, 1.165) is 48.9 Å². The van der Waals surface area contributed by atoms with Gasteiger partial charge in [-0.1, -0.05) is 68.1 Å². The Morgan fingerprint density at radius 2 is 1.13 bits per heavy atom. The van der Waals surface area contributed by atoms with E-state index in [-0.39, 0.29) is 42.8 Å². The third-order valence-electron chi connectivity index (χ3n) is 11.5. The Hall–Kier alpha value is -6.84. The van der Waals surface area contributed by atoms with Crippen LogP contribution >= 0.6 is 0 Å². The minimum Gasteiger partial charge on any atom is -0.480 e. The second-order valence-electron chi connectivity index (χ2n) is 16.7. The van der Waals surface area contributed by atoms with Crippen molar-refractivity contribution in [3.8, 4) is 0 Å². The number of carboxylic acid groups (broad SMARTS) is 1. The molecule has 2 aliphatic rings. The fourth-order valence-corrected chi connectivity index (χ4v) is 10.2. The fourth-order valence-electron chi connectivity index (χ4n) is 7.84. The summed E-state index contributed by atoms with van der Waals surface area (Å²) in [6.07, 6.45) is 9.91. The van der Waals surface area contributed by atoms with Crippen LogP contribution in [0.15, 0.2) is 107 Å². The number of pyridine rings is 2. The first-order valence-corrected chi connectivity index (χ1v) is 25.0. The van der Waals surface area contributed by atoms with Gasteiger partial charge in [-0.2, -0.15) is 10.2 Å². The molecule has 364 valence electrons. The summed E-state index contributed by atoms with van der Waals surface area (Å²) in [4.78, 5) is 48.5. The number of aliphatic carboxylic acids is 1. The van der Waals surface area contributed by atoms with Gasteiger partial charge in [0.1, 0.15) is 24.5 Å². The summed E-state index contributed by atoms with van der Waals surface area (Å²) in [6, 6.07) is 23.1. The lowest BCUT2D eigenvalue weighted by Gasteiger charge is -2.22. The zero-order valence-electron chi connectivity index (χ0n) is 37.3. The van der Waals surface area contributed by atoms with Gasteiger partial charge in [0.25, 0.3) is 11.1 Å². The van der Waals surface area contributed by atoms with Crippen LogP contribution in [0.1, 0.15) is 65.3 Å². The molecular formula is C47H60N10O9S2. The maximum Gasteiger partial charge on any atom is 0.323 e. The summed E-state index contributed by atoms with van der Waals surface area (Å²) in [6.45, 7) is 3.90. The molecule has 6 aromatic rings. The van der Waals surface area contributed by atoms with Crippen molar-refractivity contribution in [3.05, 3.63) is 163 Å². The molecule has 0 saturated carbocycles. The molecule has 4 aromatic heterocycles. The molecule has 1 amide bonds. The normalized spacial score (nSPS) is 15.1. The molecular weight excluding hydrogens is 913 g/mol. The van der Waals surface area contributed by atoms with Crippen molar-refractivity contribution in [1.82, 2.24) is 34.8 Å². The van der Waals surface area contributed by atoms with Gasteiger partial charge in [-0.3, -0.25) is 43.4 Å². The van der Waals surface area contributed by atoms with Crippen LogP contribution in [0.2, 0.25) is 0 Å². The van der Waals surface area contributed by atoms with Crippen LogP contribution in [0, 0.1) is 25.7 Å². The molecule has 0 radical (unpaired) electrons. The highest BCUT2D eigenvalue weighted by Crippen LogP contribution is 2.24. The SMILES string of the molecule is C.Cc1ccc(NS(=O)(=O)Cc2ccccc2)c(=O)n1CC(=O)NCC1CCc2[nH]ncc2C1.Cc1ccc(NS(=O)(=O)Cc2ccccc2)c(=O)n1CC(=O)O.NCC1CCc2[nH]ncc2C1. The first kappa shape index (κ1) is 52.1. The van der Waals surface area contributed by atoms with Crippen LogP contribution in [0.5, 0.6) is 0 Å². The average molecular weight is 973 g/mol. The lowest BCUT2D eigenvalue weighted by atomic mass is 9.88. The van der Waals surface area contributed by atoms with Gasteiger partial charge >= 0.3 is 5.97 Å². The number of sulfonamides is 2. The van der Waals surface area contributed by atoms with Gasteiger partial charge in [0.2, 0.25) is 26.0 Å². The average Bonchev–Trinajstić information content (AvgIpc) is 3.98. The Labute approximate surface area is 395 Å². The number of hydrogen-bond donors (Lipinski definition) is 7. The Morgan fingerprint density at radius 1 is 0.691 bits per heavy atom. The van der Waals surface area contributed by atoms with E-state index in [1.165, 1.54) is 46.0 Å². The molecule has 0 bridgehead atoms. The summed E-state index contributed by atoms with van der Waals surface area (Å²) >= 11 is 0. The van der Waals surface area contributed by atoms with Gasteiger partial charge in [-0.15, -0.1) is 0 Å². The highest BCUT2D eigenvalue weighted by Gasteiger charge is 2.22. The number of benzene rings is 2. The number of anilines is 2. The van der Waals surface area contributed by atoms with Gasteiger partial charge in [0, 0.05) is 29.3 Å². The van der Waals surface area contributed by atoms with Crippen LogP contribution in [0.4, 0.5) is 11.4 Å². The molecule has 4 heterocycles. The topological polar surface area (TPSA) is 286 Å². The molecule has 21 heteroatoms. The number of carbonyl (C=O) groups excluding carboxylic acids is 1. The number of aromatic amines is 2. The van der Waals surface area contributed by atoms with Gasteiger partial charge in [-0.25, -0.2) is 16.8 Å². The smallest absolute Gasteiger partial charge is 0.323 e. The van der Waals surface area contributed by atoms with E-state index < -0.39 is 43.7 Å². The van der Waals surface area contributed by atoms with Gasteiger partial charge in [0.05, 0.1) is 23.9 Å². The summed E-state index contributed by atoms with van der Waals surface area (Å²) in [7, 11) is -7.56. The van der Waals surface area contributed by atoms with Crippen molar-refractivity contribution in [2.75, 3.05) is 22.5 Å². The number of nitrogens with two attached hydrogens (primary N) is 1. The minimum absolute atomic E-state index is 0. The Bertz CT molecular complexity index is 2990. The van der Waals surface area contributed by atoms with E-state index in [9.17, 15) is 36.0 Å². The monoisotopic (exact) mass is 972 g/mol.